The zero-order valence-electron chi connectivity index (χ0n) is 10.9. The van der Waals surface area contributed by atoms with Crippen molar-refractivity contribution in [2.24, 2.45) is 0 Å². The summed E-state index contributed by atoms with van der Waals surface area (Å²) >= 11 is 1.67. The lowest BCUT2D eigenvalue weighted by atomic mass is 10.1. The van der Waals surface area contributed by atoms with Crippen LogP contribution in [0.2, 0.25) is 0 Å². The van der Waals surface area contributed by atoms with Crippen molar-refractivity contribution in [1.29, 1.82) is 0 Å². The molecular weight excluding hydrogens is 232 g/mol. The molecule has 1 aromatic carbocycles. The molecule has 1 rings (SSSR count). The molecule has 0 saturated carbocycles. The Bertz CT molecular complexity index is 363. The van der Waals surface area contributed by atoms with E-state index in [1.54, 1.807) is 11.8 Å². The van der Waals surface area contributed by atoms with Crippen molar-refractivity contribution in [3.05, 3.63) is 29.8 Å². The maximum Gasteiger partial charge on any atom is 0.172 e. The fourth-order valence-electron chi connectivity index (χ4n) is 1.27. The standard InChI is InChI=1S/C14H20O2S/c1-5-16-12-8-6-11(7-9-12)13(15)10-17-14(2,3)4/h6-9H,5,10H2,1-4H3. The van der Waals surface area contributed by atoms with Gasteiger partial charge in [-0.3, -0.25) is 4.79 Å². The van der Waals surface area contributed by atoms with E-state index in [2.05, 4.69) is 20.8 Å². The highest BCUT2D eigenvalue weighted by molar-refractivity contribution is 8.01. The molecule has 0 heterocycles. The van der Waals surface area contributed by atoms with E-state index in [1.807, 2.05) is 31.2 Å². The summed E-state index contributed by atoms with van der Waals surface area (Å²) in [5, 5.41) is 0. The third-order valence-corrected chi connectivity index (χ3v) is 3.40. The second-order valence-corrected chi connectivity index (χ2v) is 6.58. The summed E-state index contributed by atoms with van der Waals surface area (Å²) < 4.78 is 5.46. The molecule has 0 amide bonds. The van der Waals surface area contributed by atoms with E-state index >= 15 is 0 Å². The minimum Gasteiger partial charge on any atom is -0.494 e. The Labute approximate surface area is 108 Å². The highest BCUT2D eigenvalue weighted by Gasteiger charge is 2.14. The summed E-state index contributed by atoms with van der Waals surface area (Å²) in [6.07, 6.45) is 0. The monoisotopic (exact) mass is 252 g/mol. The number of thioether (sulfide) groups is 1. The molecule has 1 aromatic rings. The molecule has 0 aliphatic rings. The summed E-state index contributed by atoms with van der Waals surface area (Å²) in [7, 11) is 0. The first-order valence-corrected chi connectivity index (χ1v) is 6.81. The van der Waals surface area contributed by atoms with Crippen molar-refractivity contribution in [2.45, 2.75) is 32.4 Å². The lowest BCUT2D eigenvalue weighted by molar-refractivity contribution is 0.102. The third kappa shape index (κ3) is 5.26. The molecule has 0 aliphatic heterocycles. The molecule has 0 bridgehead atoms. The van der Waals surface area contributed by atoms with Crippen LogP contribution in [-0.4, -0.2) is 22.9 Å². The van der Waals surface area contributed by atoms with E-state index in [-0.39, 0.29) is 10.5 Å². The van der Waals surface area contributed by atoms with Crippen molar-refractivity contribution in [1.82, 2.24) is 0 Å². The average Bonchev–Trinajstić information content (AvgIpc) is 2.26. The number of ether oxygens (including phenoxy) is 1. The number of ketones is 1. The van der Waals surface area contributed by atoms with Crippen LogP contribution in [0.1, 0.15) is 38.1 Å². The van der Waals surface area contributed by atoms with Crippen LogP contribution in [0, 0.1) is 0 Å². The van der Waals surface area contributed by atoms with Gasteiger partial charge >= 0.3 is 0 Å². The summed E-state index contributed by atoms with van der Waals surface area (Å²) in [4.78, 5) is 11.9. The van der Waals surface area contributed by atoms with E-state index in [4.69, 9.17) is 4.74 Å². The third-order valence-electron chi connectivity index (χ3n) is 2.12. The molecule has 2 nitrogen and oxygen atoms in total. The SMILES string of the molecule is CCOc1ccc(C(=O)CSC(C)(C)C)cc1. The normalized spacial score (nSPS) is 11.3. The number of Topliss-reactive ketones (excluding diaryl/α,β-unsaturated/α-hetero) is 1. The fraction of sp³-hybridized carbons (Fsp3) is 0.500. The molecule has 0 atom stereocenters. The highest BCUT2D eigenvalue weighted by atomic mass is 32.2. The minimum absolute atomic E-state index is 0.126. The van der Waals surface area contributed by atoms with E-state index in [0.717, 1.165) is 11.3 Å². The van der Waals surface area contributed by atoms with Crippen molar-refractivity contribution < 1.29 is 9.53 Å². The van der Waals surface area contributed by atoms with Gasteiger partial charge in [0.25, 0.3) is 0 Å². The van der Waals surface area contributed by atoms with Gasteiger partial charge in [-0.05, 0) is 31.2 Å². The highest BCUT2D eigenvalue weighted by Crippen LogP contribution is 2.24. The van der Waals surface area contributed by atoms with Crippen LogP contribution in [0.15, 0.2) is 24.3 Å². The molecule has 3 heteroatoms. The summed E-state index contributed by atoms with van der Waals surface area (Å²) in [6, 6.07) is 7.35. The van der Waals surface area contributed by atoms with Gasteiger partial charge in [0.15, 0.2) is 5.78 Å². The number of hydrogen-bond donors (Lipinski definition) is 0. The lowest BCUT2D eigenvalue weighted by Gasteiger charge is -2.16. The van der Waals surface area contributed by atoms with Crippen molar-refractivity contribution in [2.75, 3.05) is 12.4 Å². The Morgan fingerprint density at radius 2 is 1.82 bits per heavy atom. The predicted octanol–water partition coefficient (Wildman–Crippen LogP) is 3.80. The number of benzene rings is 1. The van der Waals surface area contributed by atoms with Gasteiger partial charge in [0.05, 0.1) is 12.4 Å². The topological polar surface area (TPSA) is 26.3 Å². The quantitative estimate of drug-likeness (QED) is 0.746. The largest absolute Gasteiger partial charge is 0.494 e. The summed E-state index contributed by atoms with van der Waals surface area (Å²) in [5.41, 5.74) is 0.755. The van der Waals surface area contributed by atoms with E-state index < -0.39 is 0 Å². The molecular formula is C14H20O2S. The van der Waals surface area contributed by atoms with Crippen molar-refractivity contribution in [3.8, 4) is 5.75 Å². The molecule has 0 radical (unpaired) electrons. The van der Waals surface area contributed by atoms with E-state index in [0.29, 0.717) is 12.4 Å². The van der Waals surface area contributed by atoms with E-state index in [9.17, 15) is 4.79 Å². The number of hydrogen-bond acceptors (Lipinski definition) is 3. The van der Waals surface area contributed by atoms with Gasteiger partial charge in [-0.25, -0.2) is 0 Å². The predicted molar refractivity (Wildman–Crippen MR) is 74.2 cm³/mol. The molecule has 0 spiro atoms. The second-order valence-electron chi connectivity index (χ2n) is 4.78. The Morgan fingerprint density at radius 3 is 2.29 bits per heavy atom. The molecule has 0 N–H and O–H groups in total. The Balaban J connectivity index is 2.57. The smallest absolute Gasteiger partial charge is 0.172 e. The Hall–Kier alpha value is -0.960. The number of rotatable bonds is 5. The van der Waals surface area contributed by atoms with Crippen LogP contribution in [0.3, 0.4) is 0 Å². The van der Waals surface area contributed by atoms with Crippen LogP contribution in [0.4, 0.5) is 0 Å². The van der Waals surface area contributed by atoms with Gasteiger partial charge < -0.3 is 4.74 Å². The molecule has 0 saturated heterocycles. The van der Waals surface area contributed by atoms with Gasteiger partial charge in [-0.2, -0.15) is 0 Å². The maximum absolute atomic E-state index is 11.9. The molecule has 94 valence electrons. The van der Waals surface area contributed by atoms with Gasteiger partial charge in [0.2, 0.25) is 0 Å². The number of carbonyl (C=O) groups is 1. The van der Waals surface area contributed by atoms with Gasteiger partial charge in [-0.15, -0.1) is 11.8 Å². The van der Waals surface area contributed by atoms with Crippen LogP contribution in [0.25, 0.3) is 0 Å². The lowest BCUT2D eigenvalue weighted by Crippen LogP contribution is -2.13. The summed E-state index contributed by atoms with van der Waals surface area (Å²) in [6.45, 7) is 8.93. The number of carbonyl (C=O) groups excluding carboxylic acids is 1. The Morgan fingerprint density at radius 1 is 1.24 bits per heavy atom. The minimum atomic E-state index is 0.126. The molecule has 0 unspecified atom stereocenters. The van der Waals surface area contributed by atoms with Gasteiger partial charge in [0, 0.05) is 10.3 Å². The van der Waals surface area contributed by atoms with Crippen molar-refractivity contribution in [3.63, 3.8) is 0 Å². The summed E-state index contributed by atoms with van der Waals surface area (Å²) in [5.74, 6) is 1.51. The zero-order chi connectivity index (χ0) is 12.9. The average molecular weight is 252 g/mol. The first-order chi connectivity index (χ1) is 7.92. The molecule has 0 fully saturated rings. The first kappa shape index (κ1) is 14.1. The van der Waals surface area contributed by atoms with Crippen LogP contribution in [0.5, 0.6) is 5.75 Å². The second kappa shape index (κ2) is 6.10. The molecule has 0 aliphatic carbocycles. The van der Waals surface area contributed by atoms with Crippen molar-refractivity contribution >= 4 is 17.5 Å². The van der Waals surface area contributed by atoms with Crippen LogP contribution in [-0.2, 0) is 0 Å². The maximum atomic E-state index is 11.9. The first-order valence-electron chi connectivity index (χ1n) is 5.82. The zero-order valence-corrected chi connectivity index (χ0v) is 11.8. The Kier molecular flexibility index (Phi) is 5.06. The van der Waals surface area contributed by atoms with Crippen LogP contribution < -0.4 is 4.74 Å². The molecule has 0 aromatic heterocycles. The van der Waals surface area contributed by atoms with Crippen LogP contribution >= 0.6 is 11.8 Å². The van der Waals surface area contributed by atoms with E-state index in [1.165, 1.54) is 0 Å². The fourth-order valence-corrected chi connectivity index (χ4v) is 2.00. The van der Waals surface area contributed by atoms with Gasteiger partial charge in [0.1, 0.15) is 5.75 Å². The van der Waals surface area contributed by atoms with Gasteiger partial charge in [-0.1, -0.05) is 20.8 Å². The molecule has 17 heavy (non-hydrogen) atoms.